The molecule has 0 amide bonds. The van der Waals surface area contributed by atoms with E-state index in [-0.39, 0.29) is 5.97 Å². The Balaban J connectivity index is 2.04. The van der Waals surface area contributed by atoms with Gasteiger partial charge in [-0.25, -0.2) is 4.79 Å². The van der Waals surface area contributed by atoms with Crippen LogP contribution in [0.3, 0.4) is 0 Å². The molecule has 0 saturated heterocycles. The molecule has 22 heavy (non-hydrogen) atoms. The third-order valence-electron chi connectivity index (χ3n) is 3.67. The van der Waals surface area contributed by atoms with E-state index >= 15 is 0 Å². The highest BCUT2D eigenvalue weighted by Gasteiger charge is 2.27. The van der Waals surface area contributed by atoms with Gasteiger partial charge in [-0.1, -0.05) is 24.3 Å². The molecular formula is C18H16O2S2. The van der Waals surface area contributed by atoms with E-state index in [2.05, 4.69) is 30.5 Å². The number of hydrogen-bond acceptors (Lipinski definition) is 4. The second-order valence-corrected chi connectivity index (χ2v) is 6.65. The second-order valence-electron chi connectivity index (χ2n) is 4.89. The van der Waals surface area contributed by atoms with Gasteiger partial charge in [0.2, 0.25) is 0 Å². The predicted molar refractivity (Wildman–Crippen MR) is 94.2 cm³/mol. The Morgan fingerprint density at radius 3 is 1.82 bits per heavy atom. The molecule has 2 aromatic carbocycles. The van der Waals surface area contributed by atoms with E-state index in [0.717, 1.165) is 16.7 Å². The Labute approximate surface area is 139 Å². The fourth-order valence-corrected chi connectivity index (χ4v) is 3.29. The Morgan fingerprint density at radius 1 is 0.818 bits per heavy atom. The van der Waals surface area contributed by atoms with Crippen LogP contribution in [-0.4, -0.2) is 25.1 Å². The average Bonchev–Trinajstić information content (AvgIpc) is 2.96. The predicted octanol–water partition coefficient (Wildman–Crippen LogP) is 4.60. The monoisotopic (exact) mass is 328 g/mol. The zero-order valence-corrected chi connectivity index (χ0v) is 14.1. The minimum atomic E-state index is -0.235. The molecule has 0 aromatic heterocycles. The number of benzene rings is 2. The first kappa shape index (κ1) is 15.3. The van der Waals surface area contributed by atoms with Gasteiger partial charge in [0.15, 0.2) is 0 Å². The fourth-order valence-electron chi connectivity index (χ4n) is 2.47. The van der Waals surface area contributed by atoms with E-state index in [4.69, 9.17) is 4.74 Å². The molecule has 2 nitrogen and oxygen atoms in total. The van der Waals surface area contributed by atoms with Crippen molar-refractivity contribution in [1.82, 2.24) is 0 Å². The molecule has 0 aliphatic carbocycles. The molecular weight excluding hydrogens is 312 g/mol. The van der Waals surface area contributed by atoms with E-state index in [9.17, 15) is 4.79 Å². The van der Waals surface area contributed by atoms with Crippen LogP contribution in [-0.2, 0) is 9.53 Å². The summed E-state index contributed by atoms with van der Waals surface area (Å²) in [6, 6.07) is 16.3. The van der Waals surface area contributed by atoms with Crippen LogP contribution in [0.4, 0.5) is 0 Å². The number of ether oxygens (including phenoxy) is 1. The summed E-state index contributed by atoms with van der Waals surface area (Å²) in [6.45, 7) is 0.344. The maximum absolute atomic E-state index is 12.1. The third-order valence-corrected chi connectivity index (χ3v) is 5.16. The van der Waals surface area contributed by atoms with E-state index in [1.807, 2.05) is 30.5 Å². The van der Waals surface area contributed by atoms with Crippen molar-refractivity contribution in [3.8, 4) is 0 Å². The normalized spacial score (nSPS) is 14.4. The molecule has 4 heteroatoms. The summed E-state index contributed by atoms with van der Waals surface area (Å²) in [5.41, 5.74) is 3.62. The fraction of sp³-hybridized carbons (Fsp3) is 0.167. The molecule has 0 atom stereocenters. The first-order chi connectivity index (χ1) is 10.7. The number of cyclic esters (lactones) is 1. The summed E-state index contributed by atoms with van der Waals surface area (Å²) in [4.78, 5) is 14.5. The summed E-state index contributed by atoms with van der Waals surface area (Å²) < 4.78 is 5.28. The third kappa shape index (κ3) is 2.94. The zero-order valence-electron chi connectivity index (χ0n) is 12.5. The molecule has 0 saturated carbocycles. The lowest BCUT2D eigenvalue weighted by molar-refractivity contribution is -0.133. The van der Waals surface area contributed by atoms with Crippen molar-refractivity contribution < 1.29 is 9.53 Å². The van der Waals surface area contributed by atoms with Gasteiger partial charge in [0.25, 0.3) is 0 Å². The van der Waals surface area contributed by atoms with Gasteiger partial charge < -0.3 is 4.74 Å². The highest BCUT2D eigenvalue weighted by Crippen LogP contribution is 2.34. The standard InChI is InChI=1S/C18H16O2S2/c1-21-14-7-3-12(4-8-14)16-11-20-18(19)17(16)13-5-9-15(22-2)10-6-13/h3-10H,11H2,1-2H3. The van der Waals surface area contributed by atoms with E-state index < -0.39 is 0 Å². The van der Waals surface area contributed by atoms with Gasteiger partial charge >= 0.3 is 5.97 Å². The van der Waals surface area contributed by atoms with Gasteiger partial charge in [0, 0.05) is 15.4 Å². The summed E-state index contributed by atoms with van der Waals surface area (Å²) in [6.07, 6.45) is 4.09. The lowest BCUT2D eigenvalue weighted by Gasteiger charge is -2.06. The lowest BCUT2D eigenvalue weighted by atomic mass is 9.97. The number of rotatable bonds is 4. The molecule has 0 radical (unpaired) electrons. The van der Waals surface area contributed by atoms with E-state index in [0.29, 0.717) is 12.2 Å². The number of carbonyl (C=O) groups is 1. The van der Waals surface area contributed by atoms with Crippen molar-refractivity contribution in [2.75, 3.05) is 19.1 Å². The van der Waals surface area contributed by atoms with Crippen molar-refractivity contribution in [3.05, 3.63) is 59.7 Å². The second kappa shape index (κ2) is 6.63. The minimum Gasteiger partial charge on any atom is -0.457 e. The van der Waals surface area contributed by atoms with Gasteiger partial charge in [0.05, 0.1) is 5.57 Å². The Hall–Kier alpha value is -1.65. The minimum absolute atomic E-state index is 0.235. The van der Waals surface area contributed by atoms with Crippen LogP contribution >= 0.6 is 23.5 Å². The van der Waals surface area contributed by atoms with Crippen molar-refractivity contribution in [2.45, 2.75) is 9.79 Å². The van der Waals surface area contributed by atoms with Gasteiger partial charge in [-0.05, 0) is 47.9 Å². The van der Waals surface area contributed by atoms with Crippen LogP contribution < -0.4 is 0 Å². The summed E-state index contributed by atoms with van der Waals surface area (Å²) in [5.74, 6) is -0.235. The van der Waals surface area contributed by atoms with Gasteiger partial charge in [-0.15, -0.1) is 23.5 Å². The molecule has 3 rings (SSSR count). The summed E-state index contributed by atoms with van der Waals surface area (Å²) >= 11 is 3.39. The van der Waals surface area contributed by atoms with Crippen LogP contribution in [0.2, 0.25) is 0 Å². The molecule has 0 bridgehead atoms. The number of carbonyl (C=O) groups excluding carboxylic acids is 1. The van der Waals surface area contributed by atoms with Crippen molar-refractivity contribution >= 4 is 40.6 Å². The largest absolute Gasteiger partial charge is 0.457 e. The molecule has 0 unspecified atom stereocenters. The molecule has 0 fully saturated rings. The van der Waals surface area contributed by atoms with E-state index in [1.165, 1.54) is 9.79 Å². The smallest absolute Gasteiger partial charge is 0.339 e. The summed E-state index contributed by atoms with van der Waals surface area (Å²) in [7, 11) is 0. The van der Waals surface area contributed by atoms with Gasteiger partial charge in [0.1, 0.15) is 6.61 Å². The molecule has 2 aromatic rings. The SMILES string of the molecule is CSc1ccc(C2=C(c3ccc(SC)cc3)C(=O)OC2)cc1. The Morgan fingerprint density at radius 2 is 1.32 bits per heavy atom. The molecule has 0 spiro atoms. The lowest BCUT2D eigenvalue weighted by Crippen LogP contribution is -1.98. The molecule has 1 heterocycles. The first-order valence-electron chi connectivity index (χ1n) is 6.92. The van der Waals surface area contributed by atoms with E-state index in [1.54, 1.807) is 23.5 Å². The topological polar surface area (TPSA) is 26.3 Å². The average molecular weight is 328 g/mol. The number of thioether (sulfide) groups is 2. The Kier molecular flexibility index (Phi) is 4.60. The van der Waals surface area contributed by atoms with Crippen LogP contribution in [0.15, 0.2) is 58.3 Å². The van der Waals surface area contributed by atoms with Crippen LogP contribution in [0.5, 0.6) is 0 Å². The molecule has 112 valence electrons. The summed E-state index contributed by atoms with van der Waals surface area (Å²) in [5, 5.41) is 0. The van der Waals surface area contributed by atoms with Crippen molar-refractivity contribution in [1.29, 1.82) is 0 Å². The first-order valence-corrected chi connectivity index (χ1v) is 9.37. The molecule has 1 aliphatic rings. The maximum Gasteiger partial charge on any atom is 0.339 e. The van der Waals surface area contributed by atoms with Crippen molar-refractivity contribution in [3.63, 3.8) is 0 Å². The van der Waals surface area contributed by atoms with Crippen molar-refractivity contribution in [2.24, 2.45) is 0 Å². The quantitative estimate of drug-likeness (QED) is 0.605. The van der Waals surface area contributed by atoms with Gasteiger partial charge in [-0.2, -0.15) is 0 Å². The molecule has 0 N–H and O–H groups in total. The Bertz CT molecular complexity index is 716. The maximum atomic E-state index is 12.1. The molecule has 1 aliphatic heterocycles. The van der Waals surface area contributed by atoms with Gasteiger partial charge in [-0.3, -0.25) is 0 Å². The zero-order chi connectivity index (χ0) is 15.5. The number of hydrogen-bond donors (Lipinski definition) is 0. The number of esters is 1. The van der Waals surface area contributed by atoms with Crippen LogP contribution in [0, 0.1) is 0 Å². The van der Waals surface area contributed by atoms with Crippen LogP contribution in [0.25, 0.3) is 11.1 Å². The van der Waals surface area contributed by atoms with Crippen LogP contribution in [0.1, 0.15) is 11.1 Å². The highest BCUT2D eigenvalue weighted by molar-refractivity contribution is 7.98. The highest BCUT2D eigenvalue weighted by atomic mass is 32.2.